The Hall–Kier alpha value is -2.36. The molecule has 0 bridgehead atoms. The highest BCUT2D eigenvalue weighted by Crippen LogP contribution is 2.46. The summed E-state index contributed by atoms with van der Waals surface area (Å²) in [4.78, 5) is 9.09. The number of nitrogens with one attached hydrogen (secondary N) is 1. The Morgan fingerprint density at radius 1 is 1.10 bits per heavy atom. The second-order valence-corrected chi connectivity index (χ2v) is 21.0. The average Bonchev–Trinajstić information content (AvgIpc) is 3.58. The molecule has 0 saturated heterocycles. The second kappa shape index (κ2) is 11.0. The highest BCUT2D eigenvalue weighted by Gasteiger charge is 2.50. The Bertz CT molecular complexity index is 1690. The van der Waals surface area contributed by atoms with Crippen LogP contribution >= 0.6 is 0 Å². The van der Waals surface area contributed by atoms with Crippen LogP contribution in [0, 0.1) is 5.92 Å². The minimum atomic E-state index is -4.83. The number of aryl methyl sites for hydroxylation is 1. The van der Waals surface area contributed by atoms with Gasteiger partial charge in [-0.25, -0.2) is 9.97 Å². The van der Waals surface area contributed by atoms with Gasteiger partial charge in [-0.1, -0.05) is 45.0 Å². The van der Waals surface area contributed by atoms with Crippen molar-refractivity contribution in [3.63, 3.8) is 0 Å². The molecule has 2 aliphatic rings. The molecular formula is C28H40N4O7S2Si. The lowest BCUT2D eigenvalue weighted by Gasteiger charge is -2.40. The summed E-state index contributed by atoms with van der Waals surface area (Å²) in [6.07, 6.45) is 5.27. The zero-order valence-electron chi connectivity index (χ0n) is 24.6. The van der Waals surface area contributed by atoms with Crippen LogP contribution in [0.4, 0.5) is 5.82 Å². The largest absolute Gasteiger partial charge is 0.414 e. The molecular weight excluding hydrogens is 597 g/mol. The first-order chi connectivity index (χ1) is 19.4. The van der Waals surface area contributed by atoms with Gasteiger partial charge in [0.1, 0.15) is 23.0 Å². The van der Waals surface area contributed by atoms with Crippen molar-refractivity contribution in [1.29, 1.82) is 0 Å². The van der Waals surface area contributed by atoms with E-state index in [2.05, 4.69) is 48.2 Å². The Morgan fingerprint density at radius 3 is 2.48 bits per heavy atom. The standard InChI is InChI=1S/C28H40N4O7S2Si/c1-28(2,3)42(4,5)39-24-15-19(14-22(24)25(41(36,37)38)16-40(33,34)35)32-13-12-21-26(29-17-30-27(21)32)31-23-11-10-18-8-6-7-9-20(18)23/h6-9,12-13,17,19,22-25H,10-11,14-16H2,1-5H3,(H,29,30,31)(H,33,34,35)(H,36,37,38)/t19-,22+,23+,24+,25?/m1/s1. The second-order valence-electron chi connectivity index (χ2n) is 13.1. The third-order valence-electron chi connectivity index (χ3n) is 9.36. The molecule has 0 radical (unpaired) electrons. The number of rotatable bonds is 9. The highest BCUT2D eigenvalue weighted by atomic mass is 32.2. The number of aromatic nitrogens is 3. The molecule has 2 heterocycles. The van der Waals surface area contributed by atoms with Crippen LogP contribution in [0.2, 0.25) is 18.1 Å². The summed E-state index contributed by atoms with van der Waals surface area (Å²) in [5.74, 6) is -1.27. The van der Waals surface area contributed by atoms with Gasteiger partial charge in [0.2, 0.25) is 0 Å². The van der Waals surface area contributed by atoms with Crippen molar-refractivity contribution in [2.45, 2.75) is 88.0 Å². The molecule has 5 rings (SSSR count). The number of benzene rings is 1. The van der Waals surface area contributed by atoms with E-state index < -0.39 is 51.6 Å². The normalized spacial score (nSPS) is 24.2. The number of hydrogen-bond donors (Lipinski definition) is 3. The molecule has 14 heteroatoms. The molecule has 230 valence electrons. The van der Waals surface area contributed by atoms with Crippen molar-refractivity contribution in [3.8, 4) is 0 Å². The van der Waals surface area contributed by atoms with E-state index in [4.69, 9.17) is 4.43 Å². The van der Waals surface area contributed by atoms with Gasteiger partial charge in [0.05, 0.1) is 23.3 Å². The molecule has 1 fully saturated rings. The van der Waals surface area contributed by atoms with Crippen molar-refractivity contribution in [2.75, 3.05) is 11.1 Å². The molecule has 5 atom stereocenters. The molecule has 1 unspecified atom stereocenters. The lowest BCUT2D eigenvalue weighted by atomic mass is 10.0. The van der Waals surface area contributed by atoms with E-state index >= 15 is 0 Å². The van der Waals surface area contributed by atoms with Crippen molar-refractivity contribution in [3.05, 3.63) is 54.0 Å². The molecule has 1 saturated carbocycles. The maximum Gasteiger partial charge on any atom is 0.269 e. The Kier molecular flexibility index (Phi) is 8.12. The summed E-state index contributed by atoms with van der Waals surface area (Å²) in [5, 5.41) is 2.47. The first kappa shape index (κ1) is 31.1. The molecule has 42 heavy (non-hydrogen) atoms. The molecule has 3 aromatic rings. The van der Waals surface area contributed by atoms with Crippen molar-refractivity contribution >= 4 is 45.4 Å². The minimum absolute atomic E-state index is 0.122. The first-order valence-electron chi connectivity index (χ1n) is 14.2. The molecule has 0 amide bonds. The quantitative estimate of drug-likeness (QED) is 0.215. The van der Waals surface area contributed by atoms with Crippen molar-refractivity contribution in [2.24, 2.45) is 5.92 Å². The Morgan fingerprint density at radius 2 is 1.81 bits per heavy atom. The van der Waals surface area contributed by atoms with Gasteiger partial charge in [-0.05, 0) is 61.0 Å². The monoisotopic (exact) mass is 636 g/mol. The van der Waals surface area contributed by atoms with E-state index in [0.717, 1.165) is 18.2 Å². The zero-order chi connectivity index (χ0) is 30.7. The van der Waals surface area contributed by atoms with E-state index in [1.54, 1.807) is 0 Å². The fourth-order valence-corrected chi connectivity index (χ4v) is 10.2. The van der Waals surface area contributed by atoms with Gasteiger partial charge < -0.3 is 14.3 Å². The lowest BCUT2D eigenvalue weighted by Crippen LogP contribution is -2.48. The van der Waals surface area contributed by atoms with Crippen LogP contribution in [0.1, 0.15) is 63.2 Å². The van der Waals surface area contributed by atoms with Crippen LogP contribution in [0.5, 0.6) is 0 Å². The van der Waals surface area contributed by atoms with Crippen LogP contribution < -0.4 is 5.32 Å². The maximum absolute atomic E-state index is 12.5. The third kappa shape index (κ3) is 6.29. The number of hydrogen-bond acceptors (Lipinski definition) is 8. The van der Waals surface area contributed by atoms with Crippen LogP contribution in [0.3, 0.4) is 0 Å². The predicted molar refractivity (Wildman–Crippen MR) is 164 cm³/mol. The molecule has 2 aromatic heterocycles. The molecule has 3 N–H and O–H groups in total. The number of anilines is 1. The maximum atomic E-state index is 12.5. The molecule has 0 spiro atoms. The van der Waals surface area contributed by atoms with E-state index in [-0.39, 0.29) is 23.5 Å². The van der Waals surface area contributed by atoms with Gasteiger partial charge in [-0.3, -0.25) is 9.11 Å². The predicted octanol–water partition coefficient (Wildman–Crippen LogP) is 5.02. The summed E-state index contributed by atoms with van der Waals surface area (Å²) in [5.41, 5.74) is 3.23. The van der Waals surface area contributed by atoms with Crippen molar-refractivity contribution < 1.29 is 30.4 Å². The number of fused-ring (bicyclic) bond motifs is 2. The van der Waals surface area contributed by atoms with Crippen LogP contribution in [0.15, 0.2) is 42.9 Å². The van der Waals surface area contributed by atoms with Crippen LogP contribution in [-0.4, -0.2) is 65.9 Å². The van der Waals surface area contributed by atoms with Crippen LogP contribution in [-0.2, 0) is 31.1 Å². The molecule has 1 aromatic carbocycles. The Labute approximate surface area is 248 Å². The van der Waals surface area contributed by atoms with E-state index in [0.29, 0.717) is 17.9 Å². The number of nitrogens with zero attached hydrogens (tertiary/aromatic N) is 3. The van der Waals surface area contributed by atoms with Gasteiger partial charge >= 0.3 is 0 Å². The fraction of sp³-hybridized carbons (Fsp3) is 0.571. The molecule has 2 aliphatic carbocycles. The summed E-state index contributed by atoms with van der Waals surface area (Å²) in [6, 6.07) is 10.1. The van der Waals surface area contributed by atoms with E-state index in [9.17, 15) is 25.9 Å². The molecule has 0 aliphatic heterocycles. The summed E-state index contributed by atoms with van der Waals surface area (Å²) in [7, 11) is -12.0. The lowest BCUT2D eigenvalue weighted by molar-refractivity contribution is 0.137. The highest BCUT2D eigenvalue weighted by molar-refractivity contribution is 7.90. The average molecular weight is 637 g/mol. The molecule has 11 nitrogen and oxygen atoms in total. The smallest absolute Gasteiger partial charge is 0.269 e. The zero-order valence-corrected chi connectivity index (χ0v) is 27.2. The third-order valence-corrected chi connectivity index (χ3v) is 16.1. The fourth-order valence-electron chi connectivity index (χ4n) is 6.20. The van der Waals surface area contributed by atoms with E-state index in [1.165, 1.54) is 17.5 Å². The SMILES string of the molecule is CC(C)(C)[Si](C)(C)O[C@H]1C[C@H](n2ccc3c(N[C@H]4CCc5ccccc54)ncnc32)C[C@@H]1C(CS(=O)(=O)O)S(=O)(=O)O. The Balaban J connectivity index is 1.49. The summed E-state index contributed by atoms with van der Waals surface area (Å²) >= 11 is 0. The van der Waals surface area contributed by atoms with Gasteiger partial charge in [0, 0.05) is 18.2 Å². The summed E-state index contributed by atoms with van der Waals surface area (Å²) in [6.45, 7) is 10.3. The van der Waals surface area contributed by atoms with Gasteiger partial charge in [0.25, 0.3) is 20.2 Å². The van der Waals surface area contributed by atoms with Crippen molar-refractivity contribution in [1.82, 2.24) is 14.5 Å². The van der Waals surface area contributed by atoms with Gasteiger partial charge in [-0.15, -0.1) is 0 Å². The van der Waals surface area contributed by atoms with E-state index in [1.807, 2.05) is 42.1 Å². The topological polar surface area (TPSA) is 161 Å². The first-order valence-corrected chi connectivity index (χ1v) is 20.2. The minimum Gasteiger partial charge on any atom is -0.414 e. The van der Waals surface area contributed by atoms with Gasteiger partial charge in [0.15, 0.2) is 8.32 Å². The van der Waals surface area contributed by atoms with Crippen LogP contribution in [0.25, 0.3) is 11.0 Å². The summed E-state index contributed by atoms with van der Waals surface area (Å²) < 4.78 is 77.1. The van der Waals surface area contributed by atoms with Gasteiger partial charge in [-0.2, -0.15) is 16.8 Å².